The largest absolute Gasteiger partial charge is 0.330 e. The predicted molar refractivity (Wildman–Crippen MR) is 55.0 cm³/mol. The van der Waals surface area contributed by atoms with Crippen LogP contribution in [0.2, 0.25) is 0 Å². The van der Waals surface area contributed by atoms with E-state index in [1.165, 1.54) is 5.75 Å². The fraction of sp³-hybridized carbons (Fsp3) is 1.00. The molecule has 2 N–H and O–H groups in total. The van der Waals surface area contributed by atoms with E-state index < -0.39 is 0 Å². The van der Waals surface area contributed by atoms with Gasteiger partial charge < -0.3 is 5.73 Å². The molecule has 0 rings (SSSR count). The molecule has 1 nitrogen and oxygen atoms in total. The molecule has 0 aromatic rings. The molecule has 0 bridgehead atoms. The Kier molecular flexibility index (Phi) is 6.06. The summed E-state index contributed by atoms with van der Waals surface area (Å²) in [7, 11) is 0. The van der Waals surface area contributed by atoms with E-state index in [-0.39, 0.29) is 0 Å². The molecule has 0 heterocycles. The summed E-state index contributed by atoms with van der Waals surface area (Å²) in [6.45, 7) is 9.80. The molecule has 0 amide bonds. The van der Waals surface area contributed by atoms with Crippen LogP contribution in [0.1, 0.15) is 27.7 Å². The quantitative estimate of drug-likeness (QED) is 0.694. The van der Waals surface area contributed by atoms with Gasteiger partial charge in [0.15, 0.2) is 0 Å². The van der Waals surface area contributed by atoms with Crippen molar-refractivity contribution in [3.8, 4) is 0 Å². The lowest BCUT2D eigenvalue weighted by atomic mass is 9.98. The van der Waals surface area contributed by atoms with E-state index >= 15 is 0 Å². The average Bonchev–Trinajstić information content (AvgIpc) is 1.87. The van der Waals surface area contributed by atoms with Gasteiger partial charge in [-0.05, 0) is 29.4 Å². The van der Waals surface area contributed by atoms with Crippen molar-refractivity contribution < 1.29 is 0 Å². The second-order valence-corrected chi connectivity index (χ2v) is 5.23. The number of nitrogens with two attached hydrogens (primary N) is 1. The minimum absolute atomic E-state index is 0.697. The third-order valence-corrected chi connectivity index (χ3v) is 3.18. The van der Waals surface area contributed by atoms with Crippen molar-refractivity contribution in [2.24, 2.45) is 17.6 Å². The van der Waals surface area contributed by atoms with Crippen molar-refractivity contribution in [1.82, 2.24) is 0 Å². The molecule has 0 saturated heterocycles. The van der Waals surface area contributed by atoms with E-state index in [9.17, 15) is 0 Å². The maximum atomic E-state index is 5.65. The normalized spacial score (nSPS) is 14.5. The van der Waals surface area contributed by atoms with E-state index in [1.54, 1.807) is 0 Å². The van der Waals surface area contributed by atoms with Crippen LogP contribution < -0.4 is 5.73 Å². The van der Waals surface area contributed by atoms with Crippen LogP contribution in [-0.4, -0.2) is 17.5 Å². The van der Waals surface area contributed by atoms with Gasteiger partial charge in [0, 0.05) is 0 Å². The zero-order valence-corrected chi connectivity index (χ0v) is 8.95. The van der Waals surface area contributed by atoms with Crippen molar-refractivity contribution in [2.75, 3.05) is 12.3 Å². The molecule has 11 heavy (non-hydrogen) atoms. The van der Waals surface area contributed by atoms with Crippen molar-refractivity contribution in [1.29, 1.82) is 0 Å². The first-order valence-electron chi connectivity index (χ1n) is 4.39. The molecule has 0 aliphatic rings. The number of hydrogen-bond acceptors (Lipinski definition) is 2. The Labute approximate surface area is 75.1 Å². The van der Waals surface area contributed by atoms with E-state index in [4.69, 9.17) is 5.73 Å². The minimum Gasteiger partial charge on any atom is -0.330 e. The lowest BCUT2D eigenvalue weighted by Crippen LogP contribution is -2.22. The van der Waals surface area contributed by atoms with Gasteiger partial charge in [0.1, 0.15) is 0 Å². The Morgan fingerprint density at radius 1 is 1.18 bits per heavy atom. The molecule has 0 aromatic carbocycles. The minimum atomic E-state index is 0.697. The van der Waals surface area contributed by atoms with Crippen molar-refractivity contribution in [3.05, 3.63) is 0 Å². The highest BCUT2D eigenvalue weighted by atomic mass is 32.2. The maximum Gasteiger partial charge on any atom is -0.000957 e. The highest BCUT2D eigenvalue weighted by Gasteiger charge is 2.11. The second-order valence-electron chi connectivity index (χ2n) is 3.62. The summed E-state index contributed by atoms with van der Waals surface area (Å²) in [6.07, 6.45) is 0. The van der Waals surface area contributed by atoms with Gasteiger partial charge in [-0.2, -0.15) is 11.8 Å². The van der Waals surface area contributed by atoms with Crippen molar-refractivity contribution in [2.45, 2.75) is 32.9 Å². The molecule has 0 radical (unpaired) electrons. The van der Waals surface area contributed by atoms with Crippen LogP contribution >= 0.6 is 11.8 Å². The number of hydrogen-bond donors (Lipinski definition) is 1. The highest BCUT2D eigenvalue weighted by Crippen LogP contribution is 2.19. The van der Waals surface area contributed by atoms with Crippen molar-refractivity contribution >= 4 is 11.8 Å². The van der Waals surface area contributed by atoms with E-state index in [0.29, 0.717) is 5.92 Å². The van der Waals surface area contributed by atoms with Crippen molar-refractivity contribution in [3.63, 3.8) is 0 Å². The van der Waals surface area contributed by atoms with Gasteiger partial charge in [-0.3, -0.25) is 0 Å². The monoisotopic (exact) mass is 175 g/mol. The first-order chi connectivity index (χ1) is 5.07. The topological polar surface area (TPSA) is 26.0 Å². The van der Waals surface area contributed by atoms with Gasteiger partial charge in [0.2, 0.25) is 0 Å². The fourth-order valence-corrected chi connectivity index (χ4v) is 2.00. The van der Waals surface area contributed by atoms with Crippen LogP contribution in [0.3, 0.4) is 0 Å². The summed E-state index contributed by atoms with van der Waals surface area (Å²) >= 11 is 2.01. The van der Waals surface area contributed by atoms with Crippen LogP contribution in [0.25, 0.3) is 0 Å². The van der Waals surface area contributed by atoms with Gasteiger partial charge in [-0.15, -0.1) is 0 Å². The van der Waals surface area contributed by atoms with Crippen LogP contribution in [0.15, 0.2) is 0 Å². The smallest absolute Gasteiger partial charge is 0.000957 e. The third-order valence-electron chi connectivity index (χ3n) is 1.89. The number of thioether (sulfide) groups is 1. The van der Waals surface area contributed by atoms with E-state index in [1.807, 2.05) is 11.8 Å². The van der Waals surface area contributed by atoms with Crippen LogP contribution in [0.5, 0.6) is 0 Å². The average molecular weight is 175 g/mol. The summed E-state index contributed by atoms with van der Waals surface area (Å²) in [5.41, 5.74) is 5.65. The lowest BCUT2D eigenvalue weighted by molar-refractivity contribution is 0.436. The Bertz CT molecular complexity index is 91.6. The summed E-state index contributed by atoms with van der Waals surface area (Å²) < 4.78 is 0. The Balaban J connectivity index is 3.52. The van der Waals surface area contributed by atoms with Gasteiger partial charge in [-0.1, -0.05) is 27.7 Å². The first-order valence-corrected chi connectivity index (χ1v) is 5.44. The molecule has 0 aromatic heterocycles. The lowest BCUT2D eigenvalue weighted by Gasteiger charge is -2.19. The summed E-state index contributed by atoms with van der Waals surface area (Å²) in [4.78, 5) is 0. The van der Waals surface area contributed by atoms with Crippen LogP contribution in [0, 0.1) is 11.8 Å². The third kappa shape index (κ3) is 5.57. The summed E-state index contributed by atoms with van der Waals surface area (Å²) in [6, 6.07) is 0. The fourth-order valence-electron chi connectivity index (χ4n) is 0.849. The van der Waals surface area contributed by atoms with Gasteiger partial charge in [-0.25, -0.2) is 0 Å². The summed E-state index contributed by atoms with van der Waals surface area (Å²) in [5.74, 6) is 2.64. The van der Waals surface area contributed by atoms with E-state index in [0.717, 1.165) is 17.7 Å². The molecule has 1 unspecified atom stereocenters. The molecule has 68 valence electrons. The number of rotatable bonds is 5. The molecular formula is C9H21NS. The highest BCUT2D eigenvalue weighted by molar-refractivity contribution is 7.99. The van der Waals surface area contributed by atoms with Gasteiger partial charge in [0.25, 0.3) is 0 Å². The van der Waals surface area contributed by atoms with Gasteiger partial charge >= 0.3 is 0 Å². The van der Waals surface area contributed by atoms with E-state index in [2.05, 4.69) is 27.7 Å². The first kappa shape index (κ1) is 11.3. The van der Waals surface area contributed by atoms with Gasteiger partial charge in [0.05, 0.1) is 0 Å². The Morgan fingerprint density at radius 2 is 1.73 bits per heavy atom. The molecule has 0 aliphatic heterocycles. The summed E-state index contributed by atoms with van der Waals surface area (Å²) in [5, 5.41) is 0.739. The molecule has 0 saturated carbocycles. The molecular weight excluding hydrogens is 154 g/mol. The Morgan fingerprint density at radius 3 is 2.00 bits per heavy atom. The van der Waals surface area contributed by atoms with Crippen LogP contribution in [-0.2, 0) is 0 Å². The van der Waals surface area contributed by atoms with Crippen LogP contribution in [0.4, 0.5) is 0 Å². The molecule has 1 atom stereocenters. The molecule has 0 spiro atoms. The maximum absolute atomic E-state index is 5.65. The standard InChI is InChI=1S/C9H21NS/c1-7(2)9(5-10)6-11-8(3)4/h7-9H,5-6,10H2,1-4H3. The zero-order chi connectivity index (χ0) is 8.85. The second kappa shape index (κ2) is 5.90. The molecule has 2 heteroatoms. The molecule has 0 aliphatic carbocycles. The Hall–Kier alpha value is 0.310. The predicted octanol–water partition coefficient (Wildman–Crippen LogP) is 2.36. The SMILES string of the molecule is CC(C)SCC(CN)C(C)C. The zero-order valence-electron chi connectivity index (χ0n) is 8.13. The molecule has 0 fully saturated rings.